The van der Waals surface area contributed by atoms with Gasteiger partial charge >= 0.3 is 0 Å². The lowest BCUT2D eigenvalue weighted by Crippen LogP contribution is -2.34. The number of aromatic hydroxyl groups is 1. The average molecular weight is 484 g/mol. The molecule has 3 aromatic rings. The van der Waals surface area contributed by atoms with Crippen LogP contribution in [-0.2, 0) is 27.4 Å². The highest BCUT2D eigenvalue weighted by Gasteiger charge is 2.28. The van der Waals surface area contributed by atoms with Gasteiger partial charge in [0.15, 0.2) is 10.1 Å². The molecule has 2 N–H and O–H groups in total. The van der Waals surface area contributed by atoms with Gasteiger partial charge in [-0.25, -0.2) is 0 Å². The number of anilines is 1. The third-order valence-electron chi connectivity index (χ3n) is 5.07. The molecule has 1 aromatic heterocycles. The molecule has 0 saturated carbocycles. The lowest BCUT2D eigenvalue weighted by Gasteiger charge is -2.23. The van der Waals surface area contributed by atoms with Crippen molar-refractivity contribution in [2.45, 2.75) is 20.0 Å². The summed E-state index contributed by atoms with van der Waals surface area (Å²) in [5.41, 5.74) is 2.87. The number of carbonyl (C=O) groups excluding carboxylic acids is 1. The smallest absolute Gasteiger partial charge is 0.251 e. The van der Waals surface area contributed by atoms with Crippen LogP contribution in [-0.4, -0.2) is 28.5 Å². The molecular weight excluding hydrogens is 460 g/mol. The Balaban J connectivity index is 1.85. The maximum Gasteiger partial charge on any atom is 0.251 e. The van der Waals surface area contributed by atoms with Gasteiger partial charge in [-0.3, -0.25) is 9.78 Å². The minimum atomic E-state index is -2.45. The molecule has 7 nitrogen and oxygen atoms in total. The van der Waals surface area contributed by atoms with Gasteiger partial charge in [0.2, 0.25) is 0 Å². The highest BCUT2D eigenvalue weighted by Crippen LogP contribution is 2.28. The predicted octanol–water partition coefficient (Wildman–Crippen LogP) is 4.23. The highest BCUT2D eigenvalue weighted by atomic mass is 35.5. The van der Waals surface area contributed by atoms with Crippen molar-refractivity contribution < 1.29 is 14.1 Å². The number of aromatic nitrogens is 1. The Labute approximate surface area is 199 Å². The van der Waals surface area contributed by atoms with Gasteiger partial charge in [-0.2, -0.15) is 9.57 Å². The van der Waals surface area contributed by atoms with E-state index in [1.165, 1.54) is 6.07 Å². The third-order valence-corrected chi connectivity index (χ3v) is 6.69. The number of nitrogens with zero attached hydrogens (tertiary/aromatic N) is 3. The van der Waals surface area contributed by atoms with E-state index in [4.69, 9.17) is 16.9 Å². The van der Waals surface area contributed by atoms with E-state index in [1.807, 2.05) is 18.2 Å². The van der Waals surface area contributed by atoms with Crippen molar-refractivity contribution in [1.82, 2.24) is 10.3 Å². The van der Waals surface area contributed by atoms with Crippen LogP contribution in [0.15, 0.2) is 54.7 Å². The van der Waals surface area contributed by atoms with E-state index >= 15 is 0 Å². The summed E-state index contributed by atoms with van der Waals surface area (Å²) in [7, 11) is -2.45. The summed E-state index contributed by atoms with van der Waals surface area (Å²) in [4.78, 5) is 17.2. The molecule has 0 aliphatic rings. The molecule has 1 amide bonds. The average Bonchev–Trinajstić information content (AvgIpc) is 2.77. The number of carbonyl (C=O) groups is 1. The maximum absolute atomic E-state index is 13.0. The molecule has 2 aromatic carbocycles. The minimum absolute atomic E-state index is 0.0284. The van der Waals surface area contributed by atoms with Crippen LogP contribution in [0.2, 0.25) is 5.02 Å². The van der Waals surface area contributed by atoms with Crippen LogP contribution in [0.1, 0.15) is 32.7 Å². The highest BCUT2D eigenvalue weighted by molar-refractivity contribution is 8.02. The SMILES string of the molecule is Cc1c(C#N)ccc(CNC(=O)c2cc(Cl)cc(N(Cc3ccccn3)[S+](C)(C)=O)c2)c1O. The molecule has 0 aliphatic carbocycles. The number of nitrogens with one attached hydrogen (secondary N) is 1. The van der Waals surface area contributed by atoms with Crippen LogP contribution < -0.4 is 9.62 Å². The number of rotatable bonds is 7. The molecule has 170 valence electrons. The molecular formula is C24H24ClN4O3S+. The van der Waals surface area contributed by atoms with E-state index < -0.39 is 16.0 Å². The van der Waals surface area contributed by atoms with Gasteiger partial charge in [0, 0.05) is 34.5 Å². The van der Waals surface area contributed by atoms with E-state index in [0.717, 1.165) is 5.69 Å². The number of pyridine rings is 1. The number of hydrogen-bond donors (Lipinski definition) is 2. The summed E-state index contributed by atoms with van der Waals surface area (Å²) in [5.74, 6) is -0.434. The predicted molar refractivity (Wildman–Crippen MR) is 131 cm³/mol. The Kier molecular flexibility index (Phi) is 7.36. The zero-order valence-corrected chi connectivity index (χ0v) is 20.1. The lowest BCUT2D eigenvalue weighted by molar-refractivity contribution is 0.0950. The zero-order chi connectivity index (χ0) is 24.2. The topological polar surface area (TPSA) is 106 Å². The summed E-state index contributed by atoms with van der Waals surface area (Å²) in [5, 5.41) is 22.5. The summed E-state index contributed by atoms with van der Waals surface area (Å²) in [6.45, 7) is 1.99. The Morgan fingerprint density at radius 2 is 2.00 bits per heavy atom. The first kappa shape index (κ1) is 24.2. The Morgan fingerprint density at radius 3 is 2.64 bits per heavy atom. The molecule has 0 spiro atoms. The molecule has 0 fully saturated rings. The fraction of sp³-hybridized carbons (Fsp3) is 0.208. The van der Waals surface area contributed by atoms with Gasteiger partial charge in [0.05, 0.1) is 23.0 Å². The van der Waals surface area contributed by atoms with Crippen molar-refractivity contribution in [3.8, 4) is 11.8 Å². The molecule has 3 rings (SSSR count). The molecule has 0 saturated heterocycles. The van der Waals surface area contributed by atoms with E-state index in [1.54, 1.807) is 60.3 Å². The maximum atomic E-state index is 13.0. The number of nitriles is 1. The van der Waals surface area contributed by atoms with Crippen LogP contribution in [0.25, 0.3) is 0 Å². The number of benzene rings is 2. The largest absolute Gasteiger partial charge is 0.507 e. The molecule has 0 bridgehead atoms. The van der Waals surface area contributed by atoms with Crippen molar-refractivity contribution in [2.24, 2.45) is 0 Å². The van der Waals surface area contributed by atoms with Crippen molar-refractivity contribution in [1.29, 1.82) is 5.26 Å². The number of phenolic OH excluding ortho intramolecular Hbond substituents is 1. The summed E-state index contributed by atoms with van der Waals surface area (Å²) in [6, 6.07) is 15.5. The van der Waals surface area contributed by atoms with E-state index in [-0.39, 0.29) is 24.4 Å². The van der Waals surface area contributed by atoms with Gasteiger partial charge in [-0.05, 0) is 43.3 Å². The van der Waals surface area contributed by atoms with E-state index in [0.29, 0.717) is 27.4 Å². The van der Waals surface area contributed by atoms with Crippen molar-refractivity contribution >= 4 is 33.3 Å². The quantitative estimate of drug-likeness (QED) is 0.489. The molecule has 33 heavy (non-hydrogen) atoms. The summed E-state index contributed by atoms with van der Waals surface area (Å²) < 4.78 is 14.7. The van der Waals surface area contributed by atoms with Gasteiger partial charge in [-0.1, -0.05) is 27.9 Å². The molecule has 0 aliphatic heterocycles. The Bertz CT molecular complexity index is 1270. The zero-order valence-electron chi connectivity index (χ0n) is 18.5. The van der Waals surface area contributed by atoms with Crippen molar-refractivity contribution in [2.75, 3.05) is 16.8 Å². The molecule has 0 radical (unpaired) electrons. The Hall–Kier alpha value is -3.41. The number of hydrogen-bond acceptors (Lipinski definition) is 5. The Morgan fingerprint density at radius 1 is 1.24 bits per heavy atom. The van der Waals surface area contributed by atoms with Crippen LogP contribution in [0.4, 0.5) is 5.69 Å². The fourth-order valence-electron chi connectivity index (χ4n) is 3.29. The second-order valence-electron chi connectivity index (χ2n) is 7.78. The second kappa shape index (κ2) is 10.0. The number of halogens is 1. The number of phenols is 1. The van der Waals surface area contributed by atoms with Gasteiger partial charge in [-0.15, -0.1) is 0 Å². The summed E-state index contributed by atoms with van der Waals surface area (Å²) in [6.07, 6.45) is 4.90. The summed E-state index contributed by atoms with van der Waals surface area (Å²) >= 11 is 6.30. The first-order valence-electron chi connectivity index (χ1n) is 10.0. The first-order chi connectivity index (χ1) is 15.6. The lowest BCUT2D eigenvalue weighted by atomic mass is 10.0. The van der Waals surface area contributed by atoms with Gasteiger partial charge < -0.3 is 10.4 Å². The standard InChI is InChI=1S/C24H23ClN4O3S/c1-16-17(13-26)7-8-18(23(16)30)14-28-24(31)19-10-20(25)12-22(11-19)29(33(2,3)32)15-21-6-4-5-9-27-21/h4-12H,14-15H2,1-3H3,(H-,28,30,31)/p+1. The first-order valence-corrected chi connectivity index (χ1v) is 12.7. The normalized spacial score (nSPS) is 11.0. The van der Waals surface area contributed by atoms with Crippen molar-refractivity contribution in [3.05, 3.63) is 87.7 Å². The molecule has 0 unspecified atom stereocenters. The number of amides is 1. The molecule has 1 heterocycles. The molecule has 9 heteroatoms. The van der Waals surface area contributed by atoms with Crippen LogP contribution in [0.3, 0.4) is 0 Å². The minimum Gasteiger partial charge on any atom is -0.507 e. The monoisotopic (exact) mass is 483 g/mol. The van der Waals surface area contributed by atoms with Gasteiger partial charge in [0.1, 0.15) is 24.8 Å². The van der Waals surface area contributed by atoms with Crippen molar-refractivity contribution in [3.63, 3.8) is 0 Å². The van der Waals surface area contributed by atoms with Crippen LogP contribution in [0.5, 0.6) is 5.75 Å². The second-order valence-corrected chi connectivity index (χ2v) is 11.0. The third kappa shape index (κ3) is 5.89. The van der Waals surface area contributed by atoms with E-state index in [2.05, 4.69) is 10.3 Å². The van der Waals surface area contributed by atoms with Crippen LogP contribution >= 0.6 is 11.6 Å². The fourth-order valence-corrected chi connectivity index (χ4v) is 4.57. The molecule has 0 atom stereocenters. The van der Waals surface area contributed by atoms with E-state index in [9.17, 15) is 14.1 Å². The van der Waals surface area contributed by atoms with Gasteiger partial charge in [0.25, 0.3) is 5.91 Å². The van der Waals surface area contributed by atoms with Crippen LogP contribution in [0, 0.1) is 18.3 Å².